The van der Waals surface area contributed by atoms with Gasteiger partial charge >= 0.3 is 5.97 Å². The van der Waals surface area contributed by atoms with Crippen LogP contribution in [0.5, 0.6) is 0 Å². The predicted octanol–water partition coefficient (Wildman–Crippen LogP) is 2.30. The van der Waals surface area contributed by atoms with Crippen LogP contribution >= 0.6 is 0 Å². The van der Waals surface area contributed by atoms with Crippen molar-refractivity contribution >= 4 is 5.97 Å². The minimum atomic E-state index is -3.26. The Morgan fingerprint density at radius 1 is 1.53 bits per heavy atom. The highest BCUT2D eigenvalue weighted by Crippen LogP contribution is 2.47. The van der Waals surface area contributed by atoms with Crippen LogP contribution in [0.1, 0.15) is 32.6 Å². The fraction of sp³-hybridized carbons (Fsp3) is 0.900. The van der Waals surface area contributed by atoms with Gasteiger partial charge in [-0.25, -0.2) is 8.78 Å². The van der Waals surface area contributed by atoms with Gasteiger partial charge in [0.05, 0.1) is 0 Å². The zero-order valence-corrected chi connectivity index (χ0v) is 8.76. The van der Waals surface area contributed by atoms with Crippen LogP contribution in [0.15, 0.2) is 0 Å². The number of hydrogen-bond acceptors (Lipinski definition) is 2. The molecule has 1 saturated heterocycles. The molecule has 0 saturated carbocycles. The SMILES string of the molecule is CCCCC1(C(=O)O)CCOCC1(F)F. The Kier molecular flexibility index (Phi) is 3.65. The maximum Gasteiger partial charge on any atom is 0.315 e. The summed E-state index contributed by atoms with van der Waals surface area (Å²) in [7, 11) is 0. The van der Waals surface area contributed by atoms with E-state index in [-0.39, 0.29) is 19.4 Å². The van der Waals surface area contributed by atoms with Crippen molar-refractivity contribution in [1.82, 2.24) is 0 Å². The molecule has 1 aliphatic heterocycles. The van der Waals surface area contributed by atoms with E-state index in [1.807, 2.05) is 6.92 Å². The largest absolute Gasteiger partial charge is 0.481 e. The second kappa shape index (κ2) is 4.43. The first-order chi connectivity index (χ1) is 6.96. The summed E-state index contributed by atoms with van der Waals surface area (Å²) in [4.78, 5) is 11.1. The van der Waals surface area contributed by atoms with E-state index in [1.54, 1.807) is 0 Å². The number of hydrogen-bond donors (Lipinski definition) is 1. The van der Waals surface area contributed by atoms with Crippen LogP contribution in [0, 0.1) is 5.41 Å². The molecule has 5 heteroatoms. The fourth-order valence-electron chi connectivity index (χ4n) is 1.92. The first kappa shape index (κ1) is 12.4. The summed E-state index contributed by atoms with van der Waals surface area (Å²) in [5.41, 5.74) is -1.92. The highest BCUT2D eigenvalue weighted by molar-refractivity contribution is 5.76. The summed E-state index contributed by atoms with van der Waals surface area (Å²) < 4.78 is 31.8. The van der Waals surface area contributed by atoms with Gasteiger partial charge in [-0.2, -0.15) is 0 Å². The Hall–Kier alpha value is -0.710. The molecule has 0 bridgehead atoms. The van der Waals surface area contributed by atoms with Crippen molar-refractivity contribution in [2.45, 2.75) is 38.5 Å². The number of unbranched alkanes of at least 4 members (excludes halogenated alkanes) is 1. The van der Waals surface area contributed by atoms with E-state index < -0.39 is 23.9 Å². The zero-order chi connectivity index (χ0) is 11.5. The average Bonchev–Trinajstić information content (AvgIpc) is 2.15. The van der Waals surface area contributed by atoms with Crippen LogP contribution < -0.4 is 0 Å². The van der Waals surface area contributed by atoms with Crippen molar-refractivity contribution in [3.63, 3.8) is 0 Å². The highest BCUT2D eigenvalue weighted by atomic mass is 19.3. The molecule has 0 aromatic carbocycles. The number of aliphatic carboxylic acids is 1. The molecule has 3 nitrogen and oxygen atoms in total. The topological polar surface area (TPSA) is 46.5 Å². The Morgan fingerprint density at radius 3 is 2.67 bits per heavy atom. The summed E-state index contributed by atoms with van der Waals surface area (Å²) >= 11 is 0. The molecule has 0 radical (unpaired) electrons. The number of carboxylic acid groups (broad SMARTS) is 1. The molecule has 0 spiro atoms. The number of rotatable bonds is 4. The van der Waals surface area contributed by atoms with Crippen molar-refractivity contribution in [2.24, 2.45) is 5.41 Å². The Labute approximate surface area is 87.4 Å². The third-order valence-corrected chi connectivity index (χ3v) is 3.02. The molecule has 1 rings (SSSR count). The van der Waals surface area contributed by atoms with E-state index in [2.05, 4.69) is 4.74 Å². The molecule has 1 N–H and O–H groups in total. The molecule has 1 heterocycles. The van der Waals surface area contributed by atoms with E-state index in [0.717, 1.165) is 0 Å². The van der Waals surface area contributed by atoms with Gasteiger partial charge in [0, 0.05) is 6.61 Å². The Balaban J connectivity index is 2.90. The first-order valence-electron chi connectivity index (χ1n) is 5.15. The zero-order valence-electron chi connectivity index (χ0n) is 8.76. The summed E-state index contributed by atoms with van der Waals surface area (Å²) in [6.07, 6.45) is 1.14. The quantitative estimate of drug-likeness (QED) is 0.793. The van der Waals surface area contributed by atoms with Crippen LogP contribution in [0.3, 0.4) is 0 Å². The van der Waals surface area contributed by atoms with Crippen LogP contribution in [-0.4, -0.2) is 30.2 Å². The second-order valence-electron chi connectivity index (χ2n) is 4.00. The van der Waals surface area contributed by atoms with Crippen molar-refractivity contribution in [3.05, 3.63) is 0 Å². The van der Waals surface area contributed by atoms with E-state index in [0.29, 0.717) is 12.8 Å². The average molecular weight is 222 g/mol. The maximum atomic E-state index is 13.6. The first-order valence-corrected chi connectivity index (χ1v) is 5.15. The lowest BCUT2D eigenvalue weighted by molar-refractivity contribution is -0.220. The van der Waals surface area contributed by atoms with Crippen LogP contribution in [-0.2, 0) is 9.53 Å². The van der Waals surface area contributed by atoms with Crippen molar-refractivity contribution < 1.29 is 23.4 Å². The van der Waals surface area contributed by atoms with E-state index >= 15 is 0 Å². The molecule has 15 heavy (non-hydrogen) atoms. The Bertz CT molecular complexity index is 243. The van der Waals surface area contributed by atoms with E-state index in [1.165, 1.54) is 0 Å². The van der Waals surface area contributed by atoms with Gasteiger partial charge in [-0.05, 0) is 12.8 Å². The third kappa shape index (κ3) is 2.12. The van der Waals surface area contributed by atoms with E-state index in [9.17, 15) is 13.6 Å². The van der Waals surface area contributed by atoms with Gasteiger partial charge in [-0.15, -0.1) is 0 Å². The van der Waals surface area contributed by atoms with E-state index in [4.69, 9.17) is 5.11 Å². The summed E-state index contributed by atoms with van der Waals surface area (Å²) in [5.74, 6) is -4.66. The number of carboxylic acids is 1. The lowest BCUT2D eigenvalue weighted by atomic mass is 9.73. The minimum Gasteiger partial charge on any atom is -0.481 e. The lowest BCUT2D eigenvalue weighted by Gasteiger charge is -2.40. The smallest absolute Gasteiger partial charge is 0.315 e. The third-order valence-electron chi connectivity index (χ3n) is 3.02. The van der Waals surface area contributed by atoms with Crippen molar-refractivity contribution in [1.29, 1.82) is 0 Å². The van der Waals surface area contributed by atoms with Gasteiger partial charge in [-0.3, -0.25) is 4.79 Å². The molecule has 1 atom stereocenters. The molecule has 0 aliphatic carbocycles. The summed E-state index contributed by atoms with van der Waals surface area (Å²) in [6, 6.07) is 0. The van der Waals surface area contributed by atoms with Gasteiger partial charge in [0.1, 0.15) is 12.0 Å². The lowest BCUT2D eigenvalue weighted by Crippen LogP contribution is -2.54. The number of halogens is 2. The normalized spacial score (nSPS) is 30.1. The molecule has 0 amide bonds. The number of ether oxygens (including phenoxy) is 1. The monoisotopic (exact) mass is 222 g/mol. The van der Waals surface area contributed by atoms with Gasteiger partial charge in [0.2, 0.25) is 0 Å². The highest BCUT2D eigenvalue weighted by Gasteiger charge is 2.60. The molecule has 1 aliphatic rings. The van der Waals surface area contributed by atoms with Gasteiger partial charge in [-0.1, -0.05) is 19.8 Å². The summed E-state index contributed by atoms with van der Waals surface area (Å²) in [5, 5.41) is 9.02. The molecule has 1 unspecified atom stereocenters. The van der Waals surface area contributed by atoms with Crippen LogP contribution in [0.2, 0.25) is 0 Å². The summed E-state index contributed by atoms with van der Waals surface area (Å²) in [6.45, 7) is 1.18. The number of carbonyl (C=O) groups is 1. The Morgan fingerprint density at radius 2 is 2.20 bits per heavy atom. The minimum absolute atomic E-state index is 0.0230. The molecular weight excluding hydrogens is 206 g/mol. The molecular formula is C10H16F2O3. The predicted molar refractivity (Wildman–Crippen MR) is 50.0 cm³/mol. The van der Waals surface area contributed by atoms with Crippen LogP contribution in [0.25, 0.3) is 0 Å². The second-order valence-corrected chi connectivity index (χ2v) is 4.00. The van der Waals surface area contributed by atoms with Gasteiger partial charge < -0.3 is 9.84 Å². The maximum absolute atomic E-state index is 13.6. The molecule has 0 aromatic heterocycles. The van der Waals surface area contributed by atoms with Gasteiger partial charge in [0.25, 0.3) is 5.92 Å². The van der Waals surface area contributed by atoms with Crippen LogP contribution in [0.4, 0.5) is 8.78 Å². The molecule has 88 valence electrons. The molecule has 0 aromatic rings. The standard InChI is InChI=1S/C10H16F2O3/c1-2-3-4-9(8(13)14)5-6-15-7-10(9,11)12/h2-7H2,1H3,(H,13,14). The van der Waals surface area contributed by atoms with Crippen molar-refractivity contribution in [2.75, 3.05) is 13.2 Å². The van der Waals surface area contributed by atoms with Gasteiger partial charge in [0.15, 0.2) is 0 Å². The van der Waals surface area contributed by atoms with Crippen molar-refractivity contribution in [3.8, 4) is 0 Å². The number of alkyl halides is 2. The molecule has 1 fully saturated rings. The fourth-order valence-corrected chi connectivity index (χ4v) is 1.92.